The molecule has 3 amide bonds. The van der Waals surface area contributed by atoms with E-state index in [0.29, 0.717) is 19.4 Å². The lowest BCUT2D eigenvalue weighted by atomic mass is 10.00. The Morgan fingerprint density at radius 3 is 1.86 bits per heavy atom. The third kappa shape index (κ3) is 9.71. The van der Waals surface area contributed by atoms with Crippen LogP contribution in [-0.4, -0.2) is 59.5 Å². The van der Waals surface area contributed by atoms with Crippen LogP contribution in [-0.2, 0) is 19.2 Å². The Morgan fingerprint density at radius 1 is 0.828 bits per heavy atom. The van der Waals surface area contributed by atoms with Crippen molar-refractivity contribution in [3.63, 3.8) is 0 Å². The van der Waals surface area contributed by atoms with Crippen molar-refractivity contribution in [1.29, 1.82) is 0 Å². The molecule has 29 heavy (non-hydrogen) atoms. The molecule has 0 rings (SSSR count). The maximum absolute atomic E-state index is 12.6. The number of carboxylic acid groups (broad SMARTS) is 1. The fraction of sp³-hybridized carbons (Fsp3) is 0.789. The minimum absolute atomic E-state index is 0.0946. The molecule has 168 valence electrons. The second kappa shape index (κ2) is 13.1. The van der Waals surface area contributed by atoms with Gasteiger partial charge in [-0.05, 0) is 44.6 Å². The third-order valence-corrected chi connectivity index (χ3v) is 4.58. The highest BCUT2D eigenvalue weighted by Gasteiger charge is 2.30. The topological polar surface area (TPSA) is 177 Å². The molecule has 4 atom stereocenters. The van der Waals surface area contributed by atoms with E-state index in [9.17, 15) is 24.3 Å². The van der Waals surface area contributed by atoms with Gasteiger partial charge in [0.05, 0.1) is 6.04 Å². The summed E-state index contributed by atoms with van der Waals surface area (Å²) in [6, 6.07) is -3.66. The Kier molecular flexibility index (Phi) is 12.1. The number of carboxylic acids is 1. The second-order valence-corrected chi connectivity index (χ2v) is 7.91. The van der Waals surface area contributed by atoms with Gasteiger partial charge in [0.25, 0.3) is 0 Å². The zero-order chi connectivity index (χ0) is 22.7. The van der Waals surface area contributed by atoms with Crippen molar-refractivity contribution >= 4 is 23.7 Å². The number of aliphatic carboxylic acids is 1. The summed E-state index contributed by atoms with van der Waals surface area (Å²) in [5, 5.41) is 16.8. The van der Waals surface area contributed by atoms with Gasteiger partial charge in [-0.1, -0.05) is 27.7 Å². The second-order valence-electron chi connectivity index (χ2n) is 7.91. The average molecular weight is 416 g/mol. The van der Waals surface area contributed by atoms with Gasteiger partial charge >= 0.3 is 5.97 Å². The van der Waals surface area contributed by atoms with Crippen molar-refractivity contribution in [3.8, 4) is 0 Å². The van der Waals surface area contributed by atoms with Crippen molar-refractivity contribution < 1.29 is 24.3 Å². The van der Waals surface area contributed by atoms with Crippen LogP contribution in [0.2, 0.25) is 0 Å². The van der Waals surface area contributed by atoms with E-state index in [-0.39, 0.29) is 18.3 Å². The molecule has 0 aliphatic heterocycles. The highest BCUT2D eigenvalue weighted by atomic mass is 16.4. The number of amides is 3. The highest BCUT2D eigenvalue weighted by Crippen LogP contribution is 2.06. The van der Waals surface area contributed by atoms with Gasteiger partial charge in [-0.3, -0.25) is 14.4 Å². The molecule has 0 radical (unpaired) electrons. The number of unbranched alkanes of at least 4 members (excludes halogenated alkanes) is 1. The van der Waals surface area contributed by atoms with Crippen molar-refractivity contribution in [1.82, 2.24) is 16.0 Å². The summed E-state index contributed by atoms with van der Waals surface area (Å²) >= 11 is 0. The number of hydrogen-bond donors (Lipinski definition) is 6. The zero-order valence-electron chi connectivity index (χ0n) is 18.0. The number of carbonyl (C=O) groups excluding carboxylic acids is 3. The number of nitrogens with one attached hydrogen (secondary N) is 3. The van der Waals surface area contributed by atoms with E-state index in [1.165, 1.54) is 6.92 Å². The summed E-state index contributed by atoms with van der Waals surface area (Å²) < 4.78 is 0. The van der Waals surface area contributed by atoms with Crippen LogP contribution in [0.3, 0.4) is 0 Å². The first-order valence-electron chi connectivity index (χ1n) is 10.0. The Labute approximate surface area is 172 Å². The SMILES string of the molecule is CC(NC(=O)C(NC(=O)C(N)C(C)C)C(C)C)C(=O)NC(CCCCN)C(=O)O. The van der Waals surface area contributed by atoms with Gasteiger partial charge in [0.1, 0.15) is 18.1 Å². The largest absolute Gasteiger partial charge is 0.480 e. The number of carbonyl (C=O) groups is 4. The summed E-state index contributed by atoms with van der Waals surface area (Å²) in [5.41, 5.74) is 11.2. The van der Waals surface area contributed by atoms with Gasteiger partial charge in [0.15, 0.2) is 0 Å². The molecule has 4 unspecified atom stereocenters. The molecular weight excluding hydrogens is 378 g/mol. The molecule has 0 saturated heterocycles. The maximum Gasteiger partial charge on any atom is 0.326 e. The first-order valence-corrected chi connectivity index (χ1v) is 10.0. The Morgan fingerprint density at radius 2 is 1.41 bits per heavy atom. The molecule has 0 spiro atoms. The van der Waals surface area contributed by atoms with Gasteiger partial charge in [0, 0.05) is 0 Å². The zero-order valence-corrected chi connectivity index (χ0v) is 18.0. The van der Waals surface area contributed by atoms with Gasteiger partial charge < -0.3 is 32.5 Å². The maximum atomic E-state index is 12.6. The van der Waals surface area contributed by atoms with E-state index in [1.54, 1.807) is 27.7 Å². The molecule has 0 bridgehead atoms. The molecule has 0 aromatic carbocycles. The minimum Gasteiger partial charge on any atom is -0.480 e. The summed E-state index contributed by atoms with van der Waals surface area (Å²) in [7, 11) is 0. The average Bonchev–Trinajstić information content (AvgIpc) is 2.63. The van der Waals surface area contributed by atoms with Crippen LogP contribution in [0, 0.1) is 11.8 Å². The van der Waals surface area contributed by atoms with Crippen molar-refractivity contribution in [2.75, 3.05) is 6.54 Å². The van der Waals surface area contributed by atoms with Gasteiger partial charge in [-0.15, -0.1) is 0 Å². The van der Waals surface area contributed by atoms with Crippen LogP contribution in [0.25, 0.3) is 0 Å². The fourth-order valence-electron chi connectivity index (χ4n) is 2.50. The molecule has 0 aromatic heterocycles. The Bertz CT molecular complexity index is 567. The number of hydrogen-bond acceptors (Lipinski definition) is 6. The molecule has 10 nitrogen and oxygen atoms in total. The van der Waals surface area contributed by atoms with E-state index >= 15 is 0 Å². The van der Waals surface area contributed by atoms with Gasteiger partial charge in [-0.2, -0.15) is 0 Å². The number of rotatable bonds is 13. The molecule has 10 heteroatoms. The Hall–Kier alpha value is -2.20. The summed E-state index contributed by atoms with van der Waals surface area (Å²) in [6.45, 7) is 9.00. The van der Waals surface area contributed by atoms with Crippen molar-refractivity contribution in [2.24, 2.45) is 23.3 Å². The first kappa shape index (κ1) is 26.8. The molecule has 0 fully saturated rings. The predicted molar refractivity (Wildman–Crippen MR) is 110 cm³/mol. The third-order valence-electron chi connectivity index (χ3n) is 4.58. The van der Waals surface area contributed by atoms with E-state index in [4.69, 9.17) is 11.5 Å². The molecule has 0 saturated carbocycles. The fourth-order valence-corrected chi connectivity index (χ4v) is 2.50. The lowest BCUT2D eigenvalue weighted by Crippen LogP contribution is -2.58. The highest BCUT2D eigenvalue weighted by molar-refractivity contribution is 5.94. The van der Waals surface area contributed by atoms with E-state index in [1.807, 2.05) is 0 Å². The van der Waals surface area contributed by atoms with E-state index in [2.05, 4.69) is 16.0 Å². The molecule has 0 heterocycles. The summed E-state index contributed by atoms with van der Waals surface area (Å²) in [5.74, 6) is -3.09. The van der Waals surface area contributed by atoms with Gasteiger partial charge in [-0.25, -0.2) is 4.79 Å². The molecule has 0 aliphatic rings. The van der Waals surface area contributed by atoms with Crippen LogP contribution >= 0.6 is 0 Å². The standard InChI is InChI=1S/C19H37N5O5/c1-10(2)14(21)17(26)24-15(11(3)4)18(27)22-12(5)16(25)23-13(19(28)29)8-6-7-9-20/h10-15H,6-9,20-21H2,1-5H3,(H,22,27)(H,23,25)(H,24,26)(H,28,29). The summed E-state index contributed by atoms with van der Waals surface area (Å²) in [4.78, 5) is 48.4. The van der Waals surface area contributed by atoms with Gasteiger partial charge in [0.2, 0.25) is 17.7 Å². The lowest BCUT2D eigenvalue weighted by molar-refractivity contribution is -0.142. The lowest BCUT2D eigenvalue weighted by Gasteiger charge is -2.26. The van der Waals surface area contributed by atoms with Crippen LogP contribution in [0.1, 0.15) is 53.9 Å². The smallest absolute Gasteiger partial charge is 0.326 e. The number of nitrogens with two attached hydrogens (primary N) is 2. The van der Waals surface area contributed by atoms with Crippen LogP contribution in [0.4, 0.5) is 0 Å². The van der Waals surface area contributed by atoms with E-state index < -0.39 is 47.9 Å². The molecular formula is C19H37N5O5. The minimum atomic E-state index is -1.15. The molecule has 8 N–H and O–H groups in total. The molecule has 0 aliphatic carbocycles. The predicted octanol–water partition coefficient (Wildman–Crippen LogP) is -0.686. The van der Waals surface area contributed by atoms with Crippen LogP contribution in [0.5, 0.6) is 0 Å². The first-order chi connectivity index (χ1) is 13.4. The van der Waals surface area contributed by atoms with Crippen LogP contribution < -0.4 is 27.4 Å². The van der Waals surface area contributed by atoms with Crippen molar-refractivity contribution in [3.05, 3.63) is 0 Å². The Balaban J connectivity index is 4.92. The molecule has 0 aromatic rings. The quantitative estimate of drug-likeness (QED) is 0.216. The van der Waals surface area contributed by atoms with Crippen LogP contribution in [0.15, 0.2) is 0 Å². The monoisotopic (exact) mass is 415 g/mol. The van der Waals surface area contributed by atoms with E-state index in [0.717, 1.165) is 0 Å². The normalized spacial score (nSPS) is 15.3. The van der Waals surface area contributed by atoms with Crippen molar-refractivity contribution in [2.45, 2.75) is 78.0 Å². The summed E-state index contributed by atoms with van der Waals surface area (Å²) in [6.07, 6.45) is 1.46.